The lowest BCUT2D eigenvalue weighted by molar-refractivity contribution is -0.135. The first-order valence-electron chi connectivity index (χ1n) is 9.39. The zero-order valence-electron chi connectivity index (χ0n) is 18.3. The van der Waals surface area contributed by atoms with Crippen molar-refractivity contribution in [3.8, 4) is 23.0 Å². The third kappa shape index (κ3) is 4.83. The Morgan fingerprint density at radius 3 is 2.12 bits per heavy atom. The highest BCUT2D eigenvalue weighted by Crippen LogP contribution is 2.41. The number of thioether (sulfide) groups is 1. The zero-order chi connectivity index (χ0) is 23.3. The predicted molar refractivity (Wildman–Crippen MR) is 123 cm³/mol. The van der Waals surface area contributed by atoms with Gasteiger partial charge in [-0.1, -0.05) is 11.8 Å². The highest BCUT2D eigenvalue weighted by Gasteiger charge is 2.33. The molecular formula is C23H23NO7S. The fourth-order valence-electron chi connectivity index (χ4n) is 2.97. The van der Waals surface area contributed by atoms with Crippen molar-refractivity contribution in [2.45, 2.75) is 0 Å². The summed E-state index contributed by atoms with van der Waals surface area (Å²) in [4.78, 5) is 17.4. The van der Waals surface area contributed by atoms with Gasteiger partial charge in [-0.3, -0.25) is 0 Å². The molecule has 0 aromatic heterocycles. The lowest BCUT2D eigenvalue weighted by Crippen LogP contribution is -2.10. The van der Waals surface area contributed by atoms with E-state index in [2.05, 4.69) is 4.99 Å². The first kappa shape index (κ1) is 23.1. The lowest BCUT2D eigenvalue weighted by Gasteiger charge is -2.08. The maximum Gasteiger partial charge on any atom is 0.344 e. The number of nitrogens with zero attached hydrogens (tertiary/aromatic N) is 1. The minimum absolute atomic E-state index is 0.0200. The molecule has 0 radical (unpaired) electrons. The van der Waals surface area contributed by atoms with Crippen molar-refractivity contribution in [3.05, 3.63) is 58.2 Å². The Hall–Kier alpha value is -3.59. The van der Waals surface area contributed by atoms with Gasteiger partial charge in [0.15, 0.2) is 11.5 Å². The van der Waals surface area contributed by atoms with Gasteiger partial charge in [0.05, 0.1) is 46.1 Å². The topological polar surface area (TPSA) is 95.8 Å². The van der Waals surface area contributed by atoms with Gasteiger partial charge in [-0.25, -0.2) is 9.79 Å². The number of aliphatic hydroxyl groups excluding tert-OH is 1. The SMILES string of the molecule is COC(=O)C1=C(O)C(=Cc2cc(OC)cc(OC)c2)SC1=Nc1ccc(OC)c(OC)c1. The van der Waals surface area contributed by atoms with E-state index in [0.717, 1.165) is 11.8 Å². The quantitative estimate of drug-likeness (QED) is 0.606. The summed E-state index contributed by atoms with van der Waals surface area (Å²) in [6.07, 6.45) is 1.71. The van der Waals surface area contributed by atoms with Crippen molar-refractivity contribution in [1.29, 1.82) is 0 Å². The van der Waals surface area contributed by atoms with Gasteiger partial charge in [-0.15, -0.1) is 0 Å². The maximum atomic E-state index is 12.4. The van der Waals surface area contributed by atoms with Gasteiger partial charge in [0, 0.05) is 12.1 Å². The average molecular weight is 458 g/mol. The van der Waals surface area contributed by atoms with Crippen molar-refractivity contribution in [3.63, 3.8) is 0 Å². The predicted octanol–water partition coefficient (Wildman–Crippen LogP) is 4.52. The van der Waals surface area contributed by atoms with E-state index in [1.54, 1.807) is 56.7 Å². The average Bonchev–Trinajstić information content (AvgIpc) is 3.12. The molecule has 0 fully saturated rings. The smallest absolute Gasteiger partial charge is 0.344 e. The molecule has 0 atom stereocenters. The number of carbonyl (C=O) groups is 1. The van der Waals surface area contributed by atoms with E-state index in [4.69, 9.17) is 23.7 Å². The Morgan fingerprint density at radius 2 is 1.56 bits per heavy atom. The Balaban J connectivity index is 2.06. The summed E-state index contributed by atoms with van der Waals surface area (Å²) < 4.78 is 26.0. The second-order valence-electron chi connectivity index (χ2n) is 6.43. The van der Waals surface area contributed by atoms with E-state index >= 15 is 0 Å². The third-order valence-corrected chi connectivity index (χ3v) is 5.57. The molecule has 1 heterocycles. The van der Waals surface area contributed by atoms with Crippen LogP contribution in [-0.4, -0.2) is 51.7 Å². The number of rotatable bonds is 7. The van der Waals surface area contributed by atoms with Crippen LogP contribution in [0.5, 0.6) is 23.0 Å². The molecule has 3 rings (SSSR count). The van der Waals surface area contributed by atoms with Gasteiger partial charge in [0.1, 0.15) is 27.9 Å². The van der Waals surface area contributed by atoms with Gasteiger partial charge >= 0.3 is 5.97 Å². The Bertz CT molecular complexity index is 1100. The molecule has 0 spiro atoms. The van der Waals surface area contributed by atoms with Crippen LogP contribution in [0.2, 0.25) is 0 Å². The summed E-state index contributed by atoms with van der Waals surface area (Å²) in [5.41, 5.74) is 1.21. The van der Waals surface area contributed by atoms with Crippen LogP contribution in [0.15, 0.2) is 57.6 Å². The number of methoxy groups -OCH3 is 5. The van der Waals surface area contributed by atoms with Gasteiger partial charge < -0.3 is 28.8 Å². The standard InChI is InChI=1S/C23H23NO7S/c1-27-15-8-13(9-16(12-15)28-2)10-19-21(25)20(23(26)31-5)22(32-19)24-14-6-7-17(29-3)18(11-14)30-4/h6-12,25H,1-5H3. The Labute approximate surface area is 190 Å². The molecule has 0 unspecified atom stereocenters. The third-order valence-electron chi connectivity index (χ3n) is 4.55. The molecule has 0 saturated heterocycles. The summed E-state index contributed by atoms with van der Waals surface area (Å²) in [5.74, 6) is 1.31. The molecule has 32 heavy (non-hydrogen) atoms. The highest BCUT2D eigenvalue weighted by molar-refractivity contribution is 8.18. The summed E-state index contributed by atoms with van der Waals surface area (Å²) in [6.45, 7) is 0. The fourth-order valence-corrected chi connectivity index (χ4v) is 4.00. The van der Waals surface area contributed by atoms with Crippen LogP contribution in [0.25, 0.3) is 6.08 Å². The van der Waals surface area contributed by atoms with E-state index < -0.39 is 5.97 Å². The zero-order valence-corrected chi connectivity index (χ0v) is 19.1. The summed E-state index contributed by atoms with van der Waals surface area (Å²) in [5, 5.41) is 11.1. The van der Waals surface area contributed by atoms with Gasteiger partial charge in [-0.05, 0) is 35.9 Å². The highest BCUT2D eigenvalue weighted by atomic mass is 32.2. The molecule has 9 heteroatoms. The van der Waals surface area contributed by atoms with Gasteiger partial charge in [0.25, 0.3) is 0 Å². The van der Waals surface area contributed by atoms with Crippen LogP contribution < -0.4 is 18.9 Å². The molecule has 1 N–H and O–H groups in total. The molecule has 2 aromatic rings. The molecule has 0 amide bonds. The minimum Gasteiger partial charge on any atom is -0.506 e. The largest absolute Gasteiger partial charge is 0.506 e. The number of hydrogen-bond acceptors (Lipinski definition) is 9. The molecule has 0 bridgehead atoms. The van der Waals surface area contributed by atoms with Crippen LogP contribution >= 0.6 is 11.8 Å². The Morgan fingerprint density at radius 1 is 0.906 bits per heavy atom. The summed E-state index contributed by atoms with van der Waals surface area (Å²) in [6, 6.07) is 10.4. The number of hydrogen-bond donors (Lipinski definition) is 1. The minimum atomic E-state index is -0.694. The molecule has 0 saturated carbocycles. The van der Waals surface area contributed by atoms with E-state index in [-0.39, 0.29) is 11.3 Å². The van der Waals surface area contributed by atoms with Gasteiger partial charge in [0.2, 0.25) is 0 Å². The van der Waals surface area contributed by atoms with Crippen molar-refractivity contribution < 1.29 is 33.6 Å². The summed E-state index contributed by atoms with van der Waals surface area (Å²) >= 11 is 1.14. The van der Waals surface area contributed by atoms with Crippen LogP contribution in [0.1, 0.15) is 5.56 Å². The molecule has 1 aliphatic heterocycles. The van der Waals surface area contributed by atoms with Crippen LogP contribution in [-0.2, 0) is 9.53 Å². The number of aliphatic hydroxyl groups is 1. The van der Waals surface area contributed by atoms with Crippen molar-refractivity contribution in [2.24, 2.45) is 4.99 Å². The van der Waals surface area contributed by atoms with Crippen LogP contribution in [0, 0.1) is 0 Å². The monoisotopic (exact) mass is 457 g/mol. The van der Waals surface area contributed by atoms with Crippen molar-refractivity contribution in [1.82, 2.24) is 0 Å². The first-order chi connectivity index (χ1) is 15.4. The maximum absolute atomic E-state index is 12.4. The Kier molecular flexibility index (Phi) is 7.32. The number of carbonyl (C=O) groups excluding carboxylic acids is 1. The van der Waals surface area contributed by atoms with E-state index in [0.29, 0.717) is 44.2 Å². The second-order valence-corrected chi connectivity index (χ2v) is 7.46. The van der Waals surface area contributed by atoms with Crippen molar-refractivity contribution in [2.75, 3.05) is 35.5 Å². The fraction of sp³-hybridized carbons (Fsp3) is 0.217. The number of benzene rings is 2. The number of aliphatic imine (C=N–C) groups is 1. The van der Waals surface area contributed by atoms with Crippen molar-refractivity contribution >= 4 is 34.5 Å². The lowest BCUT2D eigenvalue weighted by atomic mass is 10.1. The molecule has 0 aliphatic carbocycles. The van der Waals surface area contributed by atoms with E-state index in [9.17, 15) is 9.90 Å². The van der Waals surface area contributed by atoms with E-state index in [1.165, 1.54) is 21.3 Å². The number of ether oxygens (including phenoxy) is 5. The van der Waals surface area contributed by atoms with E-state index in [1.807, 2.05) is 0 Å². The molecule has 1 aliphatic rings. The normalized spacial score (nSPS) is 15.8. The summed E-state index contributed by atoms with van der Waals surface area (Å²) in [7, 11) is 7.41. The molecule has 168 valence electrons. The molecule has 8 nitrogen and oxygen atoms in total. The molecule has 2 aromatic carbocycles. The molecular weight excluding hydrogens is 434 g/mol. The second kappa shape index (κ2) is 10.1. The van der Waals surface area contributed by atoms with Crippen LogP contribution in [0.3, 0.4) is 0 Å². The first-order valence-corrected chi connectivity index (χ1v) is 10.2. The number of esters is 1. The van der Waals surface area contributed by atoms with Crippen LogP contribution in [0.4, 0.5) is 5.69 Å². The van der Waals surface area contributed by atoms with Gasteiger partial charge in [-0.2, -0.15) is 0 Å².